The van der Waals surface area contributed by atoms with Gasteiger partial charge < -0.3 is 27.3 Å². The molecule has 0 rings (SSSR count). The van der Waals surface area contributed by atoms with Crippen LogP contribution in [0.4, 0.5) is 0 Å². The average Bonchev–Trinajstić information content (AvgIpc) is 2.45. The minimum Gasteiger partial charge on any atom is -0.411 e. The van der Waals surface area contributed by atoms with E-state index >= 15 is 0 Å². The highest BCUT2D eigenvalue weighted by molar-refractivity contribution is 5.90. The average molecular weight is 330 g/mol. The van der Waals surface area contributed by atoms with Crippen LogP contribution >= 0.6 is 0 Å². The van der Waals surface area contributed by atoms with Gasteiger partial charge in [0.2, 0.25) is 0 Å². The lowest BCUT2D eigenvalue weighted by Gasteiger charge is -2.31. The Morgan fingerprint density at radius 3 is 2.04 bits per heavy atom. The smallest absolute Gasteiger partial charge is 0.0734 e. The van der Waals surface area contributed by atoms with Crippen molar-refractivity contribution in [3.8, 4) is 0 Å². The van der Waals surface area contributed by atoms with Crippen LogP contribution in [0.15, 0.2) is 5.16 Å². The number of oxime groups is 1. The fourth-order valence-corrected chi connectivity index (χ4v) is 2.27. The zero-order valence-corrected chi connectivity index (χ0v) is 15.9. The van der Waals surface area contributed by atoms with Crippen LogP contribution in [0.25, 0.3) is 0 Å². The van der Waals surface area contributed by atoms with Gasteiger partial charge in [-0.3, -0.25) is 0 Å². The van der Waals surface area contributed by atoms with Gasteiger partial charge >= 0.3 is 0 Å². The van der Waals surface area contributed by atoms with Gasteiger partial charge in [-0.25, -0.2) is 0 Å². The Kier molecular flexibility index (Phi) is 9.93. The molecule has 0 aromatic rings. The molecule has 0 aromatic heterocycles. The van der Waals surface area contributed by atoms with Crippen molar-refractivity contribution in [2.24, 2.45) is 22.5 Å². The highest BCUT2D eigenvalue weighted by Crippen LogP contribution is 2.15. The summed E-state index contributed by atoms with van der Waals surface area (Å²) in [7, 11) is 0. The lowest BCUT2D eigenvalue weighted by Crippen LogP contribution is -2.52. The van der Waals surface area contributed by atoms with E-state index in [9.17, 15) is 0 Å². The van der Waals surface area contributed by atoms with Gasteiger partial charge in [0, 0.05) is 11.6 Å². The van der Waals surface area contributed by atoms with Crippen molar-refractivity contribution in [3.63, 3.8) is 0 Å². The largest absolute Gasteiger partial charge is 0.411 e. The predicted octanol–water partition coefficient (Wildman–Crippen LogP) is 1.67. The number of nitrogens with one attached hydrogen (secondary N) is 2. The van der Waals surface area contributed by atoms with Gasteiger partial charge in [-0.15, -0.1) is 0 Å². The third-order valence-electron chi connectivity index (χ3n) is 5.02. The summed E-state index contributed by atoms with van der Waals surface area (Å²) in [5.41, 5.74) is 12.1. The topological polar surface area (TPSA) is 109 Å². The molecule has 0 fully saturated rings. The molecule has 0 saturated carbocycles. The molecule has 7 N–H and O–H groups in total. The van der Waals surface area contributed by atoms with Gasteiger partial charge in [0.1, 0.15) is 0 Å². The van der Waals surface area contributed by atoms with E-state index in [1.54, 1.807) is 0 Å². The van der Waals surface area contributed by atoms with Crippen LogP contribution in [-0.4, -0.2) is 47.7 Å². The van der Waals surface area contributed by atoms with Crippen molar-refractivity contribution in [2.75, 3.05) is 19.6 Å². The molecule has 2 atom stereocenters. The summed E-state index contributed by atoms with van der Waals surface area (Å²) >= 11 is 0. The number of rotatable bonds is 12. The zero-order chi connectivity index (χ0) is 18.1. The molecule has 138 valence electrons. The molecule has 0 saturated heterocycles. The molecule has 23 heavy (non-hydrogen) atoms. The monoisotopic (exact) mass is 329 g/mol. The Balaban J connectivity index is 4.28. The van der Waals surface area contributed by atoms with Crippen LogP contribution in [0, 0.1) is 5.92 Å². The molecule has 6 heteroatoms. The Morgan fingerprint density at radius 1 is 1.09 bits per heavy atom. The summed E-state index contributed by atoms with van der Waals surface area (Å²) < 4.78 is 0. The van der Waals surface area contributed by atoms with Crippen molar-refractivity contribution < 1.29 is 5.21 Å². The van der Waals surface area contributed by atoms with E-state index in [0.29, 0.717) is 18.2 Å². The van der Waals surface area contributed by atoms with Gasteiger partial charge in [0.15, 0.2) is 0 Å². The predicted molar refractivity (Wildman–Crippen MR) is 99.1 cm³/mol. The number of hydrogen-bond acceptors (Lipinski definition) is 6. The highest BCUT2D eigenvalue weighted by Gasteiger charge is 2.23. The van der Waals surface area contributed by atoms with Crippen molar-refractivity contribution in [1.82, 2.24) is 10.6 Å². The van der Waals surface area contributed by atoms with Crippen molar-refractivity contribution in [2.45, 2.75) is 77.9 Å². The Bertz CT molecular complexity index is 353. The van der Waals surface area contributed by atoms with Gasteiger partial charge in [-0.05, 0) is 86.4 Å². The quantitative estimate of drug-likeness (QED) is 0.213. The molecule has 2 unspecified atom stereocenters. The zero-order valence-electron chi connectivity index (χ0n) is 15.9. The molecule has 0 aliphatic heterocycles. The summed E-state index contributed by atoms with van der Waals surface area (Å²) in [5, 5.41) is 19.2. The Morgan fingerprint density at radius 2 is 1.61 bits per heavy atom. The van der Waals surface area contributed by atoms with Gasteiger partial charge in [-0.1, -0.05) is 5.16 Å². The molecule has 6 nitrogen and oxygen atoms in total. The fraction of sp³-hybridized carbons (Fsp3) is 0.941. The third-order valence-corrected chi connectivity index (χ3v) is 5.02. The number of nitrogens with two attached hydrogens (primary N) is 2. The maximum absolute atomic E-state index is 8.91. The van der Waals surface area contributed by atoms with E-state index in [1.807, 2.05) is 27.7 Å². The number of nitrogens with zero attached hydrogens (tertiary/aromatic N) is 1. The van der Waals surface area contributed by atoms with E-state index in [2.05, 4.69) is 29.6 Å². The Labute approximate surface area is 142 Å². The van der Waals surface area contributed by atoms with E-state index in [-0.39, 0.29) is 17.1 Å². The minimum atomic E-state index is -0.294. The normalized spacial score (nSPS) is 16.4. The molecular weight excluding hydrogens is 290 g/mol. The van der Waals surface area contributed by atoms with Crippen molar-refractivity contribution >= 4 is 5.71 Å². The summed E-state index contributed by atoms with van der Waals surface area (Å²) in [6.07, 6.45) is 3.16. The Hall–Kier alpha value is -0.690. The number of hydrogen-bond donors (Lipinski definition) is 5. The van der Waals surface area contributed by atoms with Crippen molar-refractivity contribution in [3.05, 3.63) is 0 Å². The first-order valence-corrected chi connectivity index (χ1v) is 8.71. The van der Waals surface area contributed by atoms with E-state index in [4.69, 9.17) is 16.7 Å². The van der Waals surface area contributed by atoms with Crippen LogP contribution < -0.4 is 22.1 Å². The van der Waals surface area contributed by atoms with Crippen LogP contribution in [0.2, 0.25) is 0 Å². The van der Waals surface area contributed by atoms with Gasteiger partial charge in [0.05, 0.1) is 11.3 Å². The maximum atomic E-state index is 8.91. The van der Waals surface area contributed by atoms with Crippen LogP contribution in [-0.2, 0) is 0 Å². The lowest BCUT2D eigenvalue weighted by atomic mass is 9.93. The summed E-state index contributed by atoms with van der Waals surface area (Å²) in [5.74, 6) is 0.575. The second-order valence-electron chi connectivity index (χ2n) is 7.70. The molecule has 0 heterocycles. The van der Waals surface area contributed by atoms with Crippen LogP contribution in [0.3, 0.4) is 0 Å². The molecule has 0 aromatic carbocycles. The van der Waals surface area contributed by atoms with Crippen LogP contribution in [0.1, 0.15) is 60.8 Å². The van der Waals surface area contributed by atoms with Gasteiger partial charge in [0.25, 0.3) is 0 Å². The second kappa shape index (κ2) is 10.2. The molecule has 0 spiro atoms. The summed E-state index contributed by atoms with van der Waals surface area (Å²) in [6, 6.07) is 0.110. The molecule has 0 radical (unpaired) electrons. The van der Waals surface area contributed by atoms with Crippen molar-refractivity contribution in [1.29, 1.82) is 0 Å². The first kappa shape index (κ1) is 22.3. The lowest BCUT2D eigenvalue weighted by molar-refractivity contribution is 0.302. The molecule has 0 bridgehead atoms. The van der Waals surface area contributed by atoms with Gasteiger partial charge in [-0.2, -0.15) is 0 Å². The fourth-order valence-electron chi connectivity index (χ4n) is 2.27. The SMILES string of the molecule is C/C(=N\O)C(C)(C)NCCC(CCN)CCNC(C)(C)C(C)N. The standard InChI is InChI=1S/C17H39N5O/c1-13(19)16(3,4)20-11-8-15(7-10-18)9-12-21-17(5,6)14(2)22-23/h13,15,20-21,23H,7-12,18-19H2,1-6H3/b22-14+. The summed E-state index contributed by atoms with van der Waals surface area (Å²) in [4.78, 5) is 0. The van der Waals surface area contributed by atoms with E-state index < -0.39 is 0 Å². The first-order chi connectivity index (χ1) is 10.6. The second-order valence-corrected chi connectivity index (χ2v) is 7.70. The van der Waals surface area contributed by atoms with Crippen LogP contribution in [0.5, 0.6) is 0 Å². The molecule has 0 aliphatic rings. The highest BCUT2D eigenvalue weighted by atomic mass is 16.4. The molecule has 0 aliphatic carbocycles. The minimum absolute atomic E-state index is 0.0534. The first-order valence-electron chi connectivity index (χ1n) is 8.71. The molecular formula is C17H39N5O. The van der Waals surface area contributed by atoms with E-state index in [0.717, 1.165) is 32.4 Å². The third kappa shape index (κ3) is 8.65. The molecule has 0 amide bonds. The van der Waals surface area contributed by atoms with E-state index in [1.165, 1.54) is 0 Å². The summed E-state index contributed by atoms with van der Waals surface area (Å²) in [6.45, 7) is 14.7. The maximum Gasteiger partial charge on any atom is 0.0734 e.